The van der Waals surface area contributed by atoms with Crippen molar-refractivity contribution in [2.24, 2.45) is 11.8 Å². The summed E-state index contributed by atoms with van der Waals surface area (Å²) < 4.78 is 6.10. The third kappa shape index (κ3) is 3.48. The molecule has 0 amide bonds. The fourth-order valence-corrected chi connectivity index (χ4v) is 2.85. The first kappa shape index (κ1) is 12.9. The van der Waals surface area contributed by atoms with Gasteiger partial charge in [-0.2, -0.15) is 0 Å². The van der Waals surface area contributed by atoms with Gasteiger partial charge in [-0.15, -0.1) is 0 Å². The van der Waals surface area contributed by atoms with Crippen LogP contribution >= 0.6 is 15.9 Å². The minimum absolute atomic E-state index is 0.409. The van der Waals surface area contributed by atoms with Crippen molar-refractivity contribution in [1.82, 2.24) is 0 Å². The molecule has 1 nitrogen and oxygen atoms in total. The molecule has 0 spiro atoms. The van der Waals surface area contributed by atoms with Gasteiger partial charge in [0.05, 0.1) is 6.10 Å². The van der Waals surface area contributed by atoms with Crippen molar-refractivity contribution in [3.63, 3.8) is 0 Å². The SMILES string of the molecule is CC1CCC(Oc2cccc(CBr)c2)CC1C. The number of hydrogen-bond acceptors (Lipinski definition) is 1. The van der Waals surface area contributed by atoms with E-state index in [9.17, 15) is 0 Å². The molecular weight excluding hydrogens is 276 g/mol. The first-order valence-electron chi connectivity index (χ1n) is 6.50. The number of halogens is 1. The zero-order valence-electron chi connectivity index (χ0n) is 10.7. The Hall–Kier alpha value is -0.500. The maximum atomic E-state index is 6.10. The van der Waals surface area contributed by atoms with Crippen molar-refractivity contribution in [3.05, 3.63) is 29.8 Å². The molecule has 0 saturated heterocycles. The zero-order valence-corrected chi connectivity index (χ0v) is 12.2. The van der Waals surface area contributed by atoms with Crippen molar-refractivity contribution >= 4 is 15.9 Å². The average molecular weight is 297 g/mol. The van der Waals surface area contributed by atoms with Crippen LogP contribution in [-0.4, -0.2) is 6.10 Å². The number of benzene rings is 1. The van der Waals surface area contributed by atoms with Crippen LogP contribution in [0.25, 0.3) is 0 Å². The average Bonchev–Trinajstić information content (AvgIpc) is 2.34. The molecule has 0 heterocycles. The molecule has 0 aliphatic heterocycles. The highest BCUT2D eigenvalue weighted by Gasteiger charge is 2.25. The van der Waals surface area contributed by atoms with Crippen LogP contribution in [0.2, 0.25) is 0 Å². The van der Waals surface area contributed by atoms with Crippen LogP contribution in [0.1, 0.15) is 38.7 Å². The van der Waals surface area contributed by atoms with Gasteiger partial charge >= 0.3 is 0 Å². The molecule has 17 heavy (non-hydrogen) atoms. The Morgan fingerprint density at radius 2 is 2.06 bits per heavy atom. The topological polar surface area (TPSA) is 9.23 Å². The molecule has 3 unspecified atom stereocenters. The van der Waals surface area contributed by atoms with Crippen LogP contribution in [0.4, 0.5) is 0 Å². The molecule has 1 aliphatic rings. The molecule has 1 saturated carbocycles. The molecule has 1 fully saturated rings. The molecule has 3 atom stereocenters. The lowest BCUT2D eigenvalue weighted by Crippen LogP contribution is -2.28. The molecule has 1 aliphatic carbocycles. The third-order valence-electron chi connectivity index (χ3n) is 3.91. The van der Waals surface area contributed by atoms with Crippen molar-refractivity contribution in [1.29, 1.82) is 0 Å². The van der Waals surface area contributed by atoms with E-state index in [0.29, 0.717) is 6.10 Å². The monoisotopic (exact) mass is 296 g/mol. The van der Waals surface area contributed by atoms with Gasteiger partial charge in [-0.3, -0.25) is 0 Å². The quantitative estimate of drug-likeness (QED) is 0.729. The first-order chi connectivity index (χ1) is 8.19. The van der Waals surface area contributed by atoms with Gasteiger partial charge in [0.2, 0.25) is 0 Å². The van der Waals surface area contributed by atoms with Crippen LogP contribution in [0.5, 0.6) is 5.75 Å². The highest BCUT2D eigenvalue weighted by atomic mass is 79.9. The standard InChI is InChI=1S/C15H21BrO/c1-11-6-7-15(8-12(11)2)17-14-5-3-4-13(9-14)10-16/h3-5,9,11-12,15H,6-8,10H2,1-2H3. The Morgan fingerprint density at radius 1 is 1.24 bits per heavy atom. The Morgan fingerprint density at radius 3 is 2.76 bits per heavy atom. The van der Waals surface area contributed by atoms with Gasteiger partial charge in [0.15, 0.2) is 0 Å². The van der Waals surface area contributed by atoms with Crippen molar-refractivity contribution in [2.45, 2.75) is 44.5 Å². The van der Waals surface area contributed by atoms with E-state index >= 15 is 0 Å². The van der Waals surface area contributed by atoms with Crippen molar-refractivity contribution in [2.75, 3.05) is 0 Å². The molecule has 94 valence electrons. The van der Waals surface area contributed by atoms with Gasteiger partial charge in [0.25, 0.3) is 0 Å². The summed E-state index contributed by atoms with van der Waals surface area (Å²) in [6, 6.07) is 8.39. The predicted octanol–water partition coefficient (Wildman–Crippen LogP) is 4.79. The second-order valence-corrected chi connectivity index (χ2v) is 5.85. The predicted molar refractivity (Wildman–Crippen MR) is 75.7 cm³/mol. The fraction of sp³-hybridized carbons (Fsp3) is 0.600. The molecule has 0 bridgehead atoms. The summed E-state index contributed by atoms with van der Waals surface area (Å²) in [7, 11) is 0. The highest BCUT2D eigenvalue weighted by Crippen LogP contribution is 2.32. The second-order valence-electron chi connectivity index (χ2n) is 5.29. The van der Waals surface area contributed by atoms with Gasteiger partial charge in [0.1, 0.15) is 5.75 Å². The summed E-state index contributed by atoms with van der Waals surface area (Å²) in [6.45, 7) is 4.70. The molecular formula is C15H21BrO. The second kappa shape index (κ2) is 5.90. The maximum Gasteiger partial charge on any atom is 0.120 e. The van der Waals surface area contributed by atoms with E-state index in [0.717, 1.165) is 22.9 Å². The van der Waals surface area contributed by atoms with Crippen LogP contribution in [0, 0.1) is 11.8 Å². The van der Waals surface area contributed by atoms with E-state index in [1.54, 1.807) is 0 Å². The third-order valence-corrected chi connectivity index (χ3v) is 4.55. The number of alkyl halides is 1. The van der Waals surface area contributed by atoms with E-state index in [1.165, 1.54) is 24.8 Å². The van der Waals surface area contributed by atoms with Gasteiger partial charge in [-0.25, -0.2) is 0 Å². The molecule has 2 heteroatoms. The molecule has 2 rings (SSSR count). The van der Waals surface area contributed by atoms with Crippen LogP contribution in [0.3, 0.4) is 0 Å². The van der Waals surface area contributed by atoms with Gasteiger partial charge in [-0.05, 0) is 48.8 Å². The minimum Gasteiger partial charge on any atom is -0.490 e. The Balaban J connectivity index is 1.96. The summed E-state index contributed by atoms with van der Waals surface area (Å²) in [5.41, 5.74) is 1.28. The van der Waals surface area contributed by atoms with E-state index in [4.69, 9.17) is 4.74 Å². The Kier molecular flexibility index (Phi) is 4.49. The number of ether oxygens (including phenoxy) is 1. The summed E-state index contributed by atoms with van der Waals surface area (Å²) in [4.78, 5) is 0. The van der Waals surface area contributed by atoms with Crippen LogP contribution in [-0.2, 0) is 5.33 Å². The number of rotatable bonds is 3. The summed E-state index contributed by atoms with van der Waals surface area (Å²) in [5, 5.41) is 0.891. The summed E-state index contributed by atoms with van der Waals surface area (Å²) in [6.07, 6.45) is 4.10. The molecule has 0 radical (unpaired) electrons. The maximum absolute atomic E-state index is 6.10. The van der Waals surface area contributed by atoms with Gasteiger partial charge in [-0.1, -0.05) is 41.9 Å². The summed E-state index contributed by atoms with van der Waals surface area (Å²) >= 11 is 3.48. The van der Waals surface area contributed by atoms with E-state index in [1.807, 2.05) is 0 Å². The smallest absolute Gasteiger partial charge is 0.120 e. The van der Waals surface area contributed by atoms with Crippen LogP contribution in [0.15, 0.2) is 24.3 Å². The van der Waals surface area contributed by atoms with Crippen molar-refractivity contribution in [3.8, 4) is 5.75 Å². The van der Waals surface area contributed by atoms with E-state index < -0.39 is 0 Å². The lowest BCUT2D eigenvalue weighted by Gasteiger charge is -2.32. The van der Waals surface area contributed by atoms with Crippen molar-refractivity contribution < 1.29 is 4.74 Å². The van der Waals surface area contributed by atoms with Gasteiger partial charge in [0, 0.05) is 5.33 Å². The highest BCUT2D eigenvalue weighted by molar-refractivity contribution is 9.08. The van der Waals surface area contributed by atoms with E-state index in [2.05, 4.69) is 54.0 Å². The van der Waals surface area contributed by atoms with E-state index in [-0.39, 0.29) is 0 Å². The Bertz CT molecular complexity index is 364. The molecule has 1 aromatic rings. The fourth-order valence-electron chi connectivity index (χ4n) is 2.50. The van der Waals surface area contributed by atoms with Gasteiger partial charge < -0.3 is 4.74 Å². The van der Waals surface area contributed by atoms with Crippen LogP contribution < -0.4 is 4.74 Å². The molecule has 0 aromatic heterocycles. The zero-order chi connectivity index (χ0) is 12.3. The number of hydrogen-bond donors (Lipinski definition) is 0. The molecule has 1 aromatic carbocycles. The normalized spacial score (nSPS) is 29.0. The largest absolute Gasteiger partial charge is 0.490 e. The first-order valence-corrected chi connectivity index (χ1v) is 7.62. The summed E-state index contributed by atoms with van der Waals surface area (Å²) in [5.74, 6) is 2.66. The lowest BCUT2D eigenvalue weighted by atomic mass is 9.80. The lowest BCUT2D eigenvalue weighted by molar-refractivity contribution is 0.101. The molecule has 0 N–H and O–H groups in total. The minimum atomic E-state index is 0.409. The Labute approximate surface area is 113 Å².